The minimum Gasteiger partial charge on any atom is -0.392 e. The van der Waals surface area contributed by atoms with Crippen molar-refractivity contribution in [2.75, 3.05) is 32.0 Å². The number of benzene rings is 2. The van der Waals surface area contributed by atoms with E-state index < -0.39 is 0 Å². The number of anilines is 2. The molecule has 3 aliphatic heterocycles. The van der Waals surface area contributed by atoms with Crippen molar-refractivity contribution in [3.63, 3.8) is 0 Å². The van der Waals surface area contributed by atoms with Crippen LogP contribution < -0.4 is 5.32 Å². The lowest BCUT2D eigenvalue weighted by Gasteiger charge is -2.31. The standard InChI is InChI=1S/C15H22N2O2.C6H4ClN/c1-12(18)16(2)15(13-6-4-3-5-7-13)11-17-9-8-14(19)10-17;7-6-4-2-1-3-5(6)8-4/h3-7,14-15,19H,8-11H2,1-2H3;1-3,8H. The third-order valence-corrected chi connectivity index (χ3v) is 5.50. The zero-order valence-electron chi connectivity index (χ0n) is 15.7. The zero-order valence-corrected chi connectivity index (χ0v) is 16.5. The number of nitrogens with zero attached hydrogens (tertiary/aromatic N) is 2. The van der Waals surface area contributed by atoms with Gasteiger partial charge in [-0.15, -0.1) is 0 Å². The van der Waals surface area contributed by atoms with Gasteiger partial charge in [-0.2, -0.15) is 0 Å². The van der Waals surface area contributed by atoms with E-state index in [9.17, 15) is 9.90 Å². The van der Waals surface area contributed by atoms with Crippen LogP contribution in [-0.4, -0.2) is 53.6 Å². The van der Waals surface area contributed by atoms with Crippen LogP contribution in [0.25, 0.3) is 0 Å². The van der Waals surface area contributed by atoms with Crippen LogP contribution in [0.1, 0.15) is 24.9 Å². The molecule has 1 saturated heterocycles. The van der Waals surface area contributed by atoms with E-state index in [1.54, 1.807) is 11.8 Å². The van der Waals surface area contributed by atoms with Crippen LogP contribution in [-0.2, 0) is 4.79 Å². The average molecular weight is 388 g/mol. The number of amides is 1. The van der Waals surface area contributed by atoms with Crippen LogP contribution in [0.3, 0.4) is 0 Å². The maximum atomic E-state index is 11.7. The number of halogens is 1. The van der Waals surface area contributed by atoms with Crippen LogP contribution in [0.4, 0.5) is 11.4 Å². The van der Waals surface area contributed by atoms with Crippen molar-refractivity contribution >= 4 is 28.9 Å². The lowest BCUT2D eigenvalue weighted by Crippen LogP contribution is -2.38. The number of β-amino-alcohol motifs (C(OH)–C–C–N with tert-alkyl or cyclic N) is 1. The van der Waals surface area contributed by atoms with Crippen LogP contribution in [0.15, 0.2) is 48.5 Å². The first-order chi connectivity index (χ1) is 13.0. The number of carbonyl (C=O) groups excluding carboxylic acids is 1. The molecule has 2 aromatic carbocycles. The fraction of sp³-hybridized carbons (Fsp3) is 0.381. The van der Waals surface area contributed by atoms with Gasteiger partial charge in [-0.3, -0.25) is 9.69 Å². The van der Waals surface area contributed by atoms with Gasteiger partial charge in [0.15, 0.2) is 0 Å². The number of likely N-dealkylation sites (N-methyl/N-ethyl adjacent to an activating group) is 1. The average Bonchev–Trinajstić information content (AvgIpc) is 3.11. The highest BCUT2D eigenvalue weighted by molar-refractivity contribution is 6.38. The summed E-state index contributed by atoms with van der Waals surface area (Å²) in [6.45, 7) is 3.97. The van der Waals surface area contributed by atoms with Crippen molar-refractivity contribution in [1.29, 1.82) is 0 Å². The third-order valence-electron chi connectivity index (χ3n) is 5.10. The summed E-state index contributed by atoms with van der Waals surface area (Å²) in [6.07, 6.45) is 0.602. The van der Waals surface area contributed by atoms with Crippen LogP contribution >= 0.6 is 11.6 Å². The SMILES string of the molecule is CC(=O)N(C)C(CN1CCC(O)C1)c1ccccc1.Clc1c2cccc1N2. The fourth-order valence-electron chi connectivity index (χ4n) is 3.38. The second kappa shape index (κ2) is 8.74. The molecule has 0 spiro atoms. The smallest absolute Gasteiger partial charge is 0.219 e. The summed E-state index contributed by atoms with van der Waals surface area (Å²) >= 11 is 5.71. The van der Waals surface area contributed by atoms with Crippen molar-refractivity contribution in [3.8, 4) is 0 Å². The Bertz CT molecular complexity index is 764. The maximum Gasteiger partial charge on any atom is 0.219 e. The maximum absolute atomic E-state index is 11.7. The molecule has 3 aliphatic rings. The number of hydrogen-bond donors (Lipinski definition) is 2. The number of carbonyl (C=O) groups is 1. The quantitative estimate of drug-likeness (QED) is 0.717. The molecule has 2 aromatic rings. The number of nitrogens with one attached hydrogen (secondary N) is 1. The van der Waals surface area contributed by atoms with Gasteiger partial charge in [0.2, 0.25) is 5.91 Å². The van der Waals surface area contributed by atoms with E-state index in [1.165, 1.54) is 0 Å². The van der Waals surface area contributed by atoms with E-state index >= 15 is 0 Å². The van der Waals surface area contributed by atoms with Crippen molar-refractivity contribution < 1.29 is 9.90 Å². The van der Waals surface area contributed by atoms with Gasteiger partial charge in [0, 0.05) is 33.6 Å². The molecule has 0 aromatic heterocycles. The van der Waals surface area contributed by atoms with Gasteiger partial charge in [-0.05, 0) is 24.1 Å². The minimum atomic E-state index is -0.223. The third kappa shape index (κ3) is 4.80. The number of hydrogen-bond acceptors (Lipinski definition) is 4. The van der Waals surface area contributed by atoms with Gasteiger partial charge >= 0.3 is 0 Å². The summed E-state index contributed by atoms with van der Waals surface area (Å²) in [5, 5.41) is 13.5. The van der Waals surface area contributed by atoms with E-state index in [4.69, 9.17) is 11.6 Å². The van der Waals surface area contributed by atoms with Crippen LogP contribution in [0.5, 0.6) is 0 Å². The Balaban J connectivity index is 0.000000216. The summed E-state index contributed by atoms with van der Waals surface area (Å²) in [4.78, 5) is 15.7. The fourth-order valence-corrected chi connectivity index (χ4v) is 3.60. The van der Waals surface area contributed by atoms with Crippen LogP contribution in [0, 0.1) is 0 Å². The summed E-state index contributed by atoms with van der Waals surface area (Å²) in [5.41, 5.74) is 3.23. The molecule has 1 fully saturated rings. The summed E-state index contributed by atoms with van der Waals surface area (Å²) < 4.78 is 0. The predicted molar refractivity (Wildman–Crippen MR) is 109 cm³/mol. The molecule has 144 valence electrons. The van der Waals surface area contributed by atoms with E-state index in [0.29, 0.717) is 6.54 Å². The normalized spacial score (nSPS) is 18.6. The first kappa shape index (κ1) is 19.7. The summed E-state index contributed by atoms with van der Waals surface area (Å²) in [7, 11) is 1.84. The van der Waals surface area contributed by atoms with E-state index in [-0.39, 0.29) is 18.1 Å². The Labute approximate surface area is 165 Å². The molecule has 0 radical (unpaired) electrons. The molecule has 2 atom stereocenters. The van der Waals surface area contributed by atoms with Gasteiger partial charge in [-0.1, -0.05) is 48.0 Å². The molecule has 5 nitrogen and oxygen atoms in total. The molecule has 2 unspecified atom stereocenters. The predicted octanol–water partition coefficient (Wildman–Crippen LogP) is 3.67. The topological polar surface area (TPSA) is 55.8 Å². The number of fused-ring (bicyclic) bond motifs is 2. The van der Waals surface area contributed by atoms with Crippen molar-refractivity contribution in [3.05, 3.63) is 59.1 Å². The molecule has 3 heterocycles. The second-order valence-corrected chi connectivity index (χ2v) is 7.43. The highest BCUT2D eigenvalue weighted by atomic mass is 35.5. The van der Waals surface area contributed by atoms with Gasteiger partial charge in [0.05, 0.1) is 28.5 Å². The van der Waals surface area contributed by atoms with Gasteiger partial charge in [-0.25, -0.2) is 0 Å². The highest BCUT2D eigenvalue weighted by Crippen LogP contribution is 2.40. The van der Waals surface area contributed by atoms with Crippen molar-refractivity contribution in [2.24, 2.45) is 0 Å². The summed E-state index contributed by atoms with van der Waals surface area (Å²) in [5.74, 6) is 0.0635. The Morgan fingerprint density at radius 2 is 1.93 bits per heavy atom. The lowest BCUT2D eigenvalue weighted by atomic mass is 10.1. The number of aliphatic hydroxyl groups is 1. The Morgan fingerprint density at radius 3 is 2.37 bits per heavy atom. The number of rotatable bonds is 4. The second-order valence-electron chi connectivity index (χ2n) is 7.05. The molecular weight excluding hydrogens is 362 g/mol. The molecular formula is C21H26ClN3O2. The molecule has 6 heteroatoms. The molecule has 0 saturated carbocycles. The molecule has 0 aliphatic carbocycles. The first-order valence-electron chi connectivity index (χ1n) is 9.20. The number of likely N-dealkylation sites (tertiary alicyclic amines) is 1. The zero-order chi connectivity index (χ0) is 19.4. The van der Waals surface area contributed by atoms with Gasteiger partial charge < -0.3 is 15.3 Å². The molecule has 1 amide bonds. The summed E-state index contributed by atoms with van der Waals surface area (Å²) in [6, 6.07) is 16.0. The van der Waals surface area contributed by atoms with Gasteiger partial charge in [0.25, 0.3) is 0 Å². The van der Waals surface area contributed by atoms with Crippen molar-refractivity contribution in [2.45, 2.75) is 25.5 Å². The van der Waals surface area contributed by atoms with Crippen LogP contribution in [0.2, 0.25) is 5.02 Å². The number of aliphatic hydroxyl groups excluding tert-OH is 1. The first-order valence-corrected chi connectivity index (χ1v) is 9.58. The highest BCUT2D eigenvalue weighted by Gasteiger charge is 2.26. The monoisotopic (exact) mass is 387 g/mol. The lowest BCUT2D eigenvalue weighted by molar-refractivity contribution is -0.130. The largest absolute Gasteiger partial charge is 0.392 e. The molecule has 5 rings (SSSR count). The van der Waals surface area contributed by atoms with E-state index in [2.05, 4.69) is 22.3 Å². The Kier molecular flexibility index (Phi) is 6.37. The molecule has 27 heavy (non-hydrogen) atoms. The Hall–Kier alpha value is -2.08. The molecule has 2 bridgehead atoms. The van der Waals surface area contributed by atoms with E-state index in [1.807, 2.05) is 43.4 Å². The Morgan fingerprint density at radius 1 is 1.26 bits per heavy atom. The van der Waals surface area contributed by atoms with E-state index in [0.717, 1.165) is 41.5 Å². The van der Waals surface area contributed by atoms with Gasteiger partial charge in [0.1, 0.15) is 0 Å². The van der Waals surface area contributed by atoms with Crippen molar-refractivity contribution in [1.82, 2.24) is 9.80 Å². The molecule has 2 N–H and O–H groups in total. The minimum absolute atomic E-state index is 0.0454.